The summed E-state index contributed by atoms with van der Waals surface area (Å²) in [5.41, 5.74) is 0. The van der Waals surface area contributed by atoms with Gasteiger partial charge in [-0.05, 0) is 57.2 Å². The number of halogens is 3. The van der Waals surface area contributed by atoms with Crippen molar-refractivity contribution in [2.45, 2.75) is 39.3 Å². The van der Waals surface area contributed by atoms with Gasteiger partial charge in [0.15, 0.2) is 11.8 Å². The first-order valence-corrected chi connectivity index (χ1v) is 9.85. The standard InChI is InChI=1S/C19H19F3NO6P/c1-12(2)26-18(24)13(3)23-30(25)29-17-7-5-4-6-16(17)27-14-8-10-15(11-9-14)28-19(20,21)22/h4-13H,1-3H3. The zero-order valence-corrected chi connectivity index (χ0v) is 17.1. The Morgan fingerprint density at radius 1 is 1.00 bits per heavy atom. The minimum atomic E-state index is -4.80. The van der Waals surface area contributed by atoms with Crippen molar-refractivity contribution < 1.29 is 41.6 Å². The van der Waals surface area contributed by atoms with Crippen LogP contribution in [0.2, 0.25) is 0 Å². The summed E-state index contributed by atoms with van der Waals surface area (Å²) < 4.78 is 60.1. The Morgan fingerprint density at radius 2 is 1.57 bits per heavy atom. The van der Waals surface area contributed by atoms with E-state index in [0.29, 0.717) is 0 Å². The summed E-state index contributed by atoms with van der Waals surface area (Å²) in [6.07, 6.45) is -5.13. The van der Waals surface area contributed by atoms with Gasteiger partial charge in [-0.3, -0.25) is 4.52 Å². The zero-order chi connectivity index (χ0) is 22.3. The number of benzene rings is 2. The molecule has 0 saturated carbocycles. The van der Waals surface area contributed by atoms with E-state index in [-0.39, 0.29) is 23.4 Å². The minimum absolute atomic E-state index is 0.0717. The highest BCUT2D eigenvalue weighted by Crippen LogP contribution is 2.36. The van der Waals surface area contributed by atoms with E-state index in [9.17, 15) is 22.9 Å². The van der Waals surface area contributed by atoms with Crippen LogP contribution in [0.5, 0.6) is 23.0 Å². The third-order valence-electron chi connectivity index (χ3n) is 3.27. The Bertz CT molecular complexity index is 887. The number of carbonyl (C=O) groups is 1. The van der Waals surface area contributed by atoms with Crippen LogP contribution in [0, 0.1) is 0 Å². The zero-order valence-electron chi connectivity index (χ0n) is 16.3. The average molecular weight is 445 g/mol. The molecule has 162 valence electrons. The number of carbonyl (C=O) groups excluding carboxylic acids is 1. The molecule has 0 radical (unpaired) electrons. The van der Waals surface area contributed by atoms with E-state index in [1.54, 1.807) is 26.0 Å². The lowest BCUT2D eigenvalue weighted by Crippen LogP contribution is -2.21. The molecule has 0 fully saturated rings. The van der Waals surface area contributed by atoms with E-state index >= 15 is 0 Å². The van der Waals surface area contributed by atoms with Crippen molar-refractivity contribution in [1.29, 1.82) is 0 Å². The third kappa shape index (κ3) is 7.88. The molecule has 0 heterocycles. The predicted octanol–water partition coefficient (Wildman–Crippen LogP) is 4.95. The third-order valence-corrected chi connectivity index (χ3v) is 4.16. The van der Waals surface area contributed by atoms with Crippen molar-refractivity contribution in [3.63, 3.8) is 0 Å². The Balaban J connectivity index is 2.09. The number of ether oxygens (including phenoxy) is 3. The fraction of sp³-hybridized carbons (Fsp3) is 0.316. The lowest BCUT2D eigenvalue weighted by molar-refractivity contribution is -0.274. The SMILES string of the molecule is CC(C)OC(=O)C(C)N=[P+]([O-])Oc1ccccc1Oc1ccc(OC(F)(F)F)cc1. The minimum Gasteiger partial charge on any atom is -0.575 e. The van der Waals surface area contributed by atoms with Gasteiger partial charge in [0, 0.05) is 0 Å². The number of nitrogens with zero attached hydrogens (tertiary/aromatic N) is 1. The molecule has 0 spiro atoms. The van der Waals surface area contributed by atoms with Gasteiger partial charge in [-0.2, -0.15) is 0 Å². The predicted molar refractivity (Wildman–Crippen MR) is 100 cm³/mol. The number of rotatable bonds is 8. The Hall–Kier alpha value is -2.84. The van der Waals surface area contributed by atoms with Gasteiger partial charge in [0.1, 0.15) is 11.5 Å². The van der Waals surface area contributed by atoms with Gasteiger partial charge in [-0.25, -0.2) is 4.79 Å². The highest BCUT2D eigenvalue weighted by Gasteiger charge is 2.31. The quantitative estimate of drug-likeness (QED) is 0.422. The largest absolute Gasteiger partial charge is 0.575 e. The monoisotopic (exact) mass is 445 g/mol. The maximum Gasteiger partial charge on any atom is 0.573 e. The molecule has 2 aromatic rings. The Morgan fingerprint density at radius 3 is 2.13 bits per heavy atom. The molecule has 0 N–H and O–H groups in total. The highest BCUT2D eigenvalue weighted by molar-refractivity contribution is 7.34. The van der Waals surface area contributed by atoms with Crippen molar-refractivity contribution >= 4 is 14.1 Å². The van der Waals surface area contributed by atoms with Crippen LogP contribution in [-0.2, 0) is 9.53 Å². The number of para-hydroxylation sites is 2. The second-order valence-corrected chi connectivity index (χ2v) is 7.06. The van der Waals surface area contributed by atoms with Crippen LogP contribution in [-0.4, -0.2) is 24.5 Å². The summed E-state index contributed by atoms with van der Waals surface area (Å²) in [5.74, 6) is -0.617. The molecule has 11 heteroatoms. The molecule has 0 aliphatic heterocycles. The molecular weight excluding hydrogens is 426 g/mol. The first-order valence-electron chi connectivity index (χ1n) is 8.72. The summed E-state index contributed by atoms with van der Waals surface area (Å²) in [4.78, 5) is 23.9. The smallest absolute Gasteiger partial charge is 0.573 e. The molecule has 0 amide bonds. The van der Waals surface area contributed by atoms with Gasteiger partial charge < -0.3 is 19.1 Å². The maximum atomic E-state index is 12.2. The van der Waals surface area contributed by atoms with E-state index in [0.717, 1.165) is 12.1 Å². The van der Waals surface area contributed by atoms with Gasteiger partial charge in [0.25, 0.3) is 0 Å². The second kappa shape index (κ2) is 10.3. The lowest BCUT2D eigenvalue weighted by Gasteiger charge is -2.11. The molecule has 7 nitrogen and oxygen atoms in total. The van der Waals surface area contributed by atoms with Crippen LogP contribution < -0.4 is 18.9 Å². The number of hydrogen-bond donors (Lipinski definition) is 0. The van der Waals surface area contributed by atoms with Gasteiger partial charge in [-0.15, -0.1) is 13.2 Å². The summed E-state index contributed by atoms with van der Waals surface area (Å²) >= 11 is 0. The number of esters is 1. The lowest BCUT2D eigenvalue weighted by atomic mass is 10.3. The van der Waals surface area contributed by atoms with Crippen LogP contribution in [0.3, 0.4) is 0 Å². The molecule has 0 aliphatic rings. The van der Waals surface area contributed by atoms with Gasteiger partial charge in [-0.1, -0.05) is 16.9 Å². The molecule has 0 aliphatic carbocycles. The van der Waals surface area contributed by atoms with Crippen molar-refractivity contribution in [3.05, 3.63) is 48.5 Å². The molecule has 0 aromatic heterocycles. The summed E-state index contributed by atoms with van der Waals surface area (Å²) in [7, 11) is -2.62. The second-order valence-electron chi connectivity index (χ2n) is 6.17. The van der Waals surface area contributed by atoms with E-state index in [1.165, 1.54) is 31.2 Å². The molecule has 0 saturated heterocycles. The van der Waals surface area contributed by atoms with E-state index in [4.69, 9.17) is 14.0 Å². The first kappa shape index (κ1) is 23.4. The van der Waals surface area contributed by atoms with Crippen molar-refractivity contribution in [1.82, 2.24) is 0 Å². The van der Waals surface area contributed by atoms with Crippen molar-refractivity contribution in [2.75, 3.05) is 0 Å². The van der Waals surface area contributed by atoms with Gasteiger partial charge in [0.2, 0.25) is 5.75 Å². The van der Waals surface area contributed by atoms with Crippen LogP contribution in [0.4, 0.5) is 13.2 Å². The highest BCUT2D eigenvalue weighted by atomic mass is 31.1. The normalized spacial score (nSPS) is 13.0. The first-order chi connectivity index (χ1) is 14.0. The van der Waals surface area contributed by atoms with Crippen molar-refractivity contribution in [3.8, 4) is 23.0 Å². The van der Waals surface area contributed by atoms with Crippen LogP contribution >= 0.6 is 8.17 Å². The Kier molecular flexibility index (Phi) is 8.02. The fourth-order valence-corrected chi connectivity index (χ4v) is 2.82. The molecule has 2 unspecified atom stereocenters. The van der Waals surface area contributed by atoms with Crippen molar-refractivity contribution in [2.24, 2.45) is 4.74 Å². The molecule has 2 aromatic carbocycles. The van der Waals surface area contributed by atoms with Crippen LogP contribution in [0.1, 0.15) is 20.8 Å². The Labute approximate surface area is 172 Å². The fourth-order valence-electron chi connectivity index (χ4n) is 2.07. The molecular formula is C19H19F3NO6P. The van der Waals surface area contributed by atoms with Crippen LogP contribution in [0.25, 0.3) is 0 Å². The summed E-state index contributed by atoms with van der Waals surface area (Å²) in [6.45, 7) is 4.78. The van der Waals surface area contributed by atoms with E-state index < -0.39 is 32.3 Å². The average Bonchev–Trinajstić information content (AvgIpc) is 2.63. The topological polar surface area (TPSA) is 89.4 Å². The molecule has 0 bridgehead atoms. The number of alkyl halides is 3. The maximum absolute atomic E-state index is 12.2. The summed E-state index contributed by atoms with van der Waals surface area (Å²) in [5, 5.41) is 0. The van der Waals surface area contributed by atoms with Crippen LogP contribution in [0.15, 0.2) is 53.3 Å². The van der Waals surface area contributed by atoms with Gasteiger partial charge >= 0.3 is 20.5 Å². The van der Waals surface area contributed by atoms with E-state index in [2.05, 4.69) is 9.48 Å². The number of hydrogen-bond acceptors (Lipinski definition) is 7. The molecule has 2 rings (SSSR count). The summed E-state index contributed by atoms with van der Waals surface area (Å²) in [6, 6.07) is 9.92. The molecule has 30 heavy (non-hydrogen) atoms. The van der Waals surface area contributed by atoms with Gasteiger partial charge in [0.05, 0.1) is 6.10 Å². The van der Waals surface area contributed by atoms with E-state index in [1.807, 2.05) is 0 Å². The molecule has 2 atom stereocenters.